The van der Waals surface area contributed by atoms with Crippen molar-refractivity contribution in [3.8, 4) is 0 Å². The summed E-state index contributed by atoms with van der Waals surface area (Å²) in [5, 5.41) is 7.11. The first-order chi connectivity index (χ1) is 10.7. The standard InChI is InChI=1S/C17H21N3O2.ClH/c1-11-13-4-2-3-5-14(13)20-17(22)15(11)16(21)19-9-7-12-6-8-18-10-12;/h2-5,12,18H,6-10H2,1H3,(H,19,21)(H,20,22);1H. The molecule has 2 aromatic rings. The van der Waals surface area contributed by atoms with E-state index in [-0.39, 0.29) is 29.4 Å². The average Bonchev–Trinajstić information content (AvgIpc) is 3.00. The molecule has 1 unspecified atom stereocenters. The van der Waals surface area contributed by atoms with Crippen LogP contribution in [0.25, 0.3) is 10.9 Å². The maximum absolute atomic E-state index is 12.4. The Kier molecular flexibility index (Phi) is 5.80. The van der Waals surface area contributed by atoms with Crippen molar-refractivity contribution in [1.29, 1.82) is 0 Å². The van der Waals surface area contributed by atoms with E-state index in [1.165, 1.54) is 0 Å². The summed E-state index contributed by atoms with van der Waals surface area (Å²) in [5.74, 6) is 0.340. The number of pyridine rings is 1. The number of nitrogens with one attached hydrogen (secondary N) is 3. The maximum Gasteiger partial charge on any atom is 0.261 e. The van der Waals surface area contributed by atoms with Gasteiger partial charge in [0.15, 0.2) is 0 Å². The van der Waals surface area contributed by atoms with Gasteiger partial charge in [-0.15, -0.1) is 12.4 Å². The number of carbonyl (C=O) groups excluding carboxylic acids is 1. The Morgan fingerprint density at radius 1 is 1.35 bits per heavy atom. The number of aromatic amines is 1. The van der Waals surface area contributed by atoms with Crippen molar-refractivity contribution in [3.63, 3.8) is 0 Å². The maximum atomic E-state index is 12.4. The van der Waals surface area contributed by atoms with Crippen LogP contribution < -0.4 is 16.2 Å². The van der Waals surface area contributed by atoms with Crippen LogP contribution in [-0.2, 0) is 0 Å². The van der Waals surface area contributed by atoms with Crippen LogP contribution in [0.3, 0.4) is 0 Å². The first kappa shape index (κ1) is 17.5. The topological polar surface area (TPSA) is 74.0 Å². The van der Waals surface area contributed by atoms with Crippen molar-refractivity contribution in [2.24, 2.45) is 5.92 Å². The van der Waals surface area contributed by atoms with Crippen LogP contribution in [0, 0.1) is 12.8 Å². The monoisotopic (exact) mass is 335 g/mol. The van der Waals surface area contributed by atoms with Gasteiger partial charge in [-0.3, -0.25) is 9.59 Å². The largest absolute Gasteiger partial charge is 0.352 e. The predicted molar refractivity (Wildman–Crippen MR) is 94.5 cm³/mol. The third kappa shape index (κ3) is 3.74. The van der Waals surface area contributed by atoms with E-state index in [1.807, 2.05) is 31.2 Å². The fourth-order valence-corrected chi connectivity index (χ4v) is 3.12. The second kappa shape index (κ2) is 7.62. The third-order valence-corrected chi connectivity index (χ3v) is 4.41. The van der Waals surface area contributed by atoms with Crippen LogP contribution in [-0.4, -0.2) is 30.5 Å². The Bertz CT molecular complexity index is 751. The highest BCUT2D eigenvalue weighted by Gasteiger charge is 2.18. The van der Waals surface area contributed by atoms with Gasteiger partial charge in [-0.1, -0.05) is 18.2 Å². The molecular formula is C17H22ClN3O2. The van der Waals surface area contributed by atoms with Crippen LogP contribution >= 0.6 is 12.4 Å². The molecule has 3 N–H and O–H groups in total. The van der Waals surface area contributed by atoms with Gasteiger partial charge in [-0.05, 0) is 50.4 Å². The number of benzene rings is 1. The number of aryl methyl sites for hydroxylation is 1. The summed E-state index contributed by atoms with van der Waals surface area (Å²) < 4.78 is 0. The molecule has 124 valence electrons. The van der Waals surface area contributed by atoms with Crippen molar-refractivity contribution in [3.05, 3.63) is 45.7 Å². The molecule has 3 rings (SSSR count). The van der Waals surface area contributed by atoms with Crippen molar-refractivity contribution < 1.29 is 4.79 Å². The minimum atomic E-state index is -0.323. The predicted octanol–water partition coefficient (Wildman–Crippen LogP) is 1.99. The molecule has 23 heavy (non-hydrogen) atoms. The number of carbonyl (C=O) groups is 1. The molecule has 6 heteroatoms. The second-order valence-electron chi connectivity index (χ2n) is 5.90. The Labute approximate surface area is 141 Å². The van der Waals surface area contributed by atoms with E-state index in [2.05, 4.69) is 15.6 Å². The van der Waals surface area contributed by atoms with E-state index in [0.29, 0.717) is 12.5 Å². The zero-order chi connectivity index (χ0) is 15.5. The first-order valence-electron chi connectivity index (χ1n) is 7.77. The summed E-state index contributed by atoms with van der Waals surface area (Å²) in [6.45, 7) is 4.51. The van der Waals surface area contributed by atoms with Crippen LogP contribution in [0.4, 0.5) is 0 Å². The smallest absolute Gasteiger partial charge is 0.261 e. The van der Waals surface area contributed by atoms with E-state index in [1.54, 1.807) is 0 Å². The van der Waals surface area contributed by atoms with E-state index in [9.17, 15) is 9.59 Å². The summed E-state index contributed by atoms with van der Waals surface area (Å²) >= 11 is 0. The van der Waals surface area contributed by atoms with Crippen LogP contribution in [0.15, 0.2) is 29.1 Å². The average molecular weight is 336 g/mol. The first-order valence-corrected chi connectivity index (χ1v) is 7.77. The Morgan fingerprint density at radius 3 is 2.87 bits per heavy atom. The van der Waals surface area contributed by atoms with E-state index >= 15 is 0 Å². The van der Waals surface area contributed by atoms with Gasteiger partial charge in [0.2, 0.25) is 0 Å². The molecule has 1 aromatic heterocycles. The molecule has 1 aromatic carbocycles. The Hall–Kier alpha value is -1.85. The van der Waals surface area contributed by atoms with Gasteiger partial charge in [0, 0.05) is 17.4 Å². The van der Waals surface area contributed by atoms with Gasteiger partial charge in [-0.2, -0.15) is 0 Å². The fourth-order valence-electron chi connectivity index (χ4n) is 3.12. The lowest BCUT2D eigenvalue weighted by molar-refractivity contribution is 0.0949. The highest BCUT2D eigenvalue weighted by Crippen LogP contribution is 2.17. The molecule has 5 nitrogen and oxygen atoms in total. The number of amides is 1. The summed E-state index contributed by atoms with van der Waals surface area (Å²) in [6.07, 6.45) is 2.11. The lowest BCUT2D eigenvalue weighted by Crippen LogP contribution is -2.32. The summed E-state index contributed by atoms with van der Waals surface area (Å²) in [6, 6.07) is 7.54. The highest BCUT2D eigenvalue weighted by molar-refractivity contribution is 5.99. The van der Waals surface area contributed by atoms with Crippen LogP contribution in [0.5, 0.6) is 0 Å². The third-order valence-electron chi connectivity index (χ3n) is 4.41. The quantitative estimate of drug-likeness (QED) is 0.800. The van der Waals surface area contributed by atoms with Gasteiger partial charge in [0.05, 0.1) is 0 Å². The molecule has 1 amide bonds. The fraction of sp³-hybridized carbons (Fsp3) is 0.412. The van der Waals surface area contributed by atoms with E-state index in [0.717, 1.165) is 42.4 Å². The van der Waals surface area contributed by atoms with Crippen molar-refractivity contribution in [1.82, 2.24) is 15.6 Å². The van der Waals surface area contributed by atoms with E-state index < -0.39 is 0 Å². The van der Waals surface area contributed by atoms with Gasteiger partial charge in [-0.25, -0.2) is 0 Å². The minimum Gasteiger partial charge on any atom is -0.352 e. The molecule has 1 fully saturated rings. The number of hydrogen-bond donors (Lipinski definition) is 3. The summed E-state index contributed by atoms with van der Waals surface area (Å²) in [4.78, 5) is 27.3. The molecule has 0 bridgehead atoms. The zero-order valence-corrected chi connectivity index (χ0v) is 14.0. The minimum absolute atomic E-state index is 0. The van der Waals surface area contributed by atoms with Crippen LogP contribution in [0.2, 0.25) is 0 Å². The lowest BCUT2D eigenvalue weighted by Gasteiger charge is -2.11. The molecule has 1 saturated heterocycles. The number of aromatic nitrogens is 1. The second-order valence-corrected chi connectivity index (χ2v) is 5.90. The van der Waals surface area contributed by atoms with Gasteiger partial charge < -0.3 is 15.6 Å². The molecule has 0 radical (unpaired) electrons. The Morgan fingerprint density at radius 2 is 2.13 bits per heavy atom. The number of rotatable bonds is 4. The van der Waals surface area contributed by atoms with E-state index in [4.69, 9.17) is 0 Å². The zero-order valence-electron chi connectivity index (χ0n) is 13.1. The molecule has 1 aliphatic heterocycles. The number of H-pyrrole nitrogens is 1. The molecular weight excluding hydrogens is 314 g/mol. The molecule has 0 saturated carbocycles. The van der Waals surface area contributed by atoms with Gasteiger partial charge in [0.1, 0.15) is 5.56 Å². The van der Waals surface area contributed by atoms with Gasteiger partial charge in [0.25, 0.3) is 11.5 Å². The molecule has 2 heterocycles. The molecule has 1 aliphatic rings. The summed E-state index contributed by atoms with van der Waals surface area (Å²) in [7, 11) is 0. The van der Waals surface area contributed by atoms with Crippen LogP contribution in [0.1, 0.15) is 28.8 Å². The normalized spacial score (nSPS) is 17.0. The van der Waals surface area contributed by atoms with Crippen molar-refractivity contribution in [2.45, 2.75) is 19.8 Å². The molecule has 0 spiro atoms. The number of hydrogen-bond acceptors (Lipinski definition) is 3. The SMILES string of the molecule is Cc1c(C(=O)NCCC2CCNC2)c(=O)[nH]c2ccccc12.Cl. The number of fused-ring (bicyclic) bond motifs is 1. The highest BCUT2D eigenvalue weighted by atomic mass is 35.5. The number of halogens is 1. The lowest BCUT2D eigenvalue weighted by atomic mass is 10.0. The summed E-state index contributed by atoms with van der Waals surface area (Å²) in [5.41, 5.74) is 1.40. The molecule has 0 aliphatic carbocycles. The Balaban J connectivity index is 0.00000192. The number of para-hydroxylation sites is 1. The van der Waals surface area contributed by atoms with Crippen molar-refractivity contribution in [2.75, 3.05) is 19.6 Å². The molecule has 1 atom stereocenters. The van der Waals surface area contributed by atoms with Gasteiger partial charge >= 0.3 is 0 Å². The van der Waals surface area contributed by atoms with Crippen molar-refractivity contribution >= 4 is 29.2 Å².